The zero-order chi connectivity index (χ0) is 7.71. The van der Waals surface area contributed by atoms with E-state index in [1.807, 2.05) is 0 Å². The van der Waals surface area contributed by atoms with Crippen LogP contribution < -0.4 is 16.1 Å². The summed E-state index contributed by atoms with van der Waals surface area (Å²) in [5, 5.41) is 0. The van der Waals surface area contributed by atoms with E-state index >= 15 is 0 Å². The van der Waals surface area contributed by atoms with Crippen LogP contribution in [0.4, 0.5) is 0 Å². The maximum absolute atomic E-state index is 9.40. The Bertz CT molecular complexity index is 155. The van der Waals surface area contributed by atoms with Crippen molar-refractivity contribution < 1.29 is 56.1 Å². The Hall–Kier alpha value is 3.09. The summed E-state index contributed by atoms with van der Waals surface area (Å²) >= 11 is -12.4. The Balaban J connectivity index is -0.000000320. The molecule has 0 spiro atoms. The molecule has 0 aliphatic heterocycles. The van der Waals surface area contributed by atoms with Crippen molar-refractivity contribution in [3.63, 3.8) is 0 Å². The predicted octanol–water partition coefficient (Wildman–Crippen LogP) is -5.83. The SMILES string of the molecule is [Ca+2].[Ca+2].[O]=[V]([O-])([O-])[O][V](=[O])([O-])[O-]. The van der Waals surface area contributed by atoms with E-state index in [1.165, 1.54) is 0 Å². The zero-order valence-corrected chi connectivity index (χ0v) is 12.4. The van der Waals surface area contributed by atoms with Crippen LogP contribution in [0.25, 0.3) is 0 Å². The second-order valence-electron chi connectivity index (χ2n) is 0.976. The quantitative estimate of drug-likeness (QED) is 0.463. The summed E-state index contributed by atoms with van der Waals surface area (Å²) in [6.45, 7) is 0. The van der Waals surface area contributed by atoms with E-state index in [2.05, 4.69) is 2.59 Å². The van der Waals surface area contributed by atoms with Crippen LogP contribution in [-0.4, -0.2) is 75.5 Å². The normalized spacial score (nSPS) is 11.3. The molecule has 0 atom stereocenters. The van der Waals surface area contributed by atoms with Crippen molar-refractivity contribution in [2.45, 2.75) is 0 Å². The van der Waals surface area contributed by atoms with Crippen LogP contribution in [0.5, 0.6) is 0 Å². The molecule has 0 aliphatic carbocycles. The van der Waals surface area contributed by atoms with Crippen molar-refractivity contribution >= 4 is 75.5 Å². The second-order valence-corrected chi connectivity index (χ2v) is 5.08. The summed E-state index contributed by atoms with van der Waals surface area (Å²) in [6, 6.07) is 0. The van der Waals surface area contributed by atoms with Gasteiger partial charge in [0.2, 0.25) is 0 Å². The van der Waals surface area contributed by atoms with E-state index < -0.39 is 30.0 Å². The molecule has 0 amide bonds. The first kappa shape index (κ1) is 19.6. The molecule has 0 heterocycles. The predicted molar refractivity (Wildman–Crippen MR) is 14.0 cm³/mol. The van der Waals surface area contributed by atoms with Gasteiger partial charge >= 0.3 is 132 Å². The second kappa shape index (κ2) is 7.39. The third-order valence-corrected chi connectivity index (χ3v) is 3.40. The summed E-state index contributed by atoms with van der Waals surface area (Å²) in [6.07, 6.45) is 0. The van der Waals surface area contributed by atoms with Gasteiger partial charge in [0.05, 0.1) is 0 Å². The van der Waals surface area contributed by atoms with Gasteiger partial charge in [-0.15, -0.1) is 0 Å². The molecule has 0 saturated heterocycles. The van der Waals surface area contributed by atoms with Gasteiger partial charge in [-0.05, 0) is 0 Å². The fraction of sp³-hybridized carbons (Fsp3) is 0. The number of hydrogen-bond donors (Lipinski definition) is 0. The Labute approximate surface area is 129 Å². The molecule has 0 N–H and O–H groups in total. The number of hydrogen-bond acceptors (Lipinski definition) is 7. The average Bonchev–Trinajstić information content (AvgIpc) is 1.14. The van der Waals surface area contributed by atoms with Crippen molar-refractivity contribution in [1.29, 1.82) is 0 Å². The van der Waals surface area contributed by atoms with E-state index in [9.17, 15) is 23.5 Å². The van der Waals surface area contributed by atoms with Crippen molar-refractivity contribution in [3.05, 3.63) is 0 Å². The molecule has 0 aliphatic rings. The van der Waals surface area contributed by atoms with Gasteiger partial charge < -0.3 is 0 Å². The van der Waals surface area contributed by atoms with Gasteiger partial charge in [-0.25, -0.2) is 0 Å². The molecule has 11 heavy (non-hydrogen) atoms. The Kier molecular flexibility index (Phi) is 13.2. The van der Waals surface area contributed by atoms with Crippen molar-refractivity contribution in [3.8, 4) is 0 Å². The Morgan fingerprint density at radius 1 is 0.818 bits per heavy atom. The van der Waals surface area contributed by atoms with Gasteiger partial charge in [0.1, 0.15) is 0 Å². The Morgan fingerprint density at radius 3 is 1.00 bits per heavy atom. The molecule has 56 valence electrons. The molecule has 0 unspecified atom stereocenters. The minimum absolute atomic E-state index is 0. The van der Waals surface area contributed by atoms with E-state index in [-0.39, 0.29) is 75.5 Å². The minimum atomic E-state index is -6.21. The fourth-order valence-corrected chi connectivity index (χ4v) is 2.08. The summed E-state index contributed by atoms with van der Waals surface area (Å²) in [5.41, 5.74) is 0. The number of rotatable bonds is 2. The molecule has 7 nitrogen and oxygen atoms in total. The van der Waals surface area contributed by atoms with Crippen molar-refractivity contribution in [2.75, 3.05) is 0 Å². The van der Waals surface area contributed by atoms with E-state index in [0.29, 0.717) is 0 Å². The summed E-state index contributed by atoms with van der Waals surface area (Å²) in [4.78, 5) is 0. The molecule has 0 radical (unpaired) electrons. The summed E-state index contributed by atoms with van der Waals surface area (Å²) in [7, 11) is 0. The van der Waals surface area contributed by atoms with E-state index in [0.717, 1.165) is 0 Å². The van der Waals surface area contributed by atoms with Crippen LogP contribution in [0.15, 0.2) is 0 Å². The van der Waals surface area contributed by atoms with Crippen LogP contribution in [-0.2, 0) is 40.0 Å². The molecule has 0 aromatic heterocycles. The first-order chi connectivity index (χ1) is 3.71. The third kappa shape index (κ3) is 19.5. The van der Waals surface area contributed by atoms with Gasteiger partial charge in [-0.2, -0.15) is 0 Å². The van der Waals surface area contributed by atoms with Crippen LogP contribution in [0, 0.1) is 0 Å². The van der Waals surface area contributed by atoms with E-state index in [4.69, 9.17) is 0 Å². The topological polar surface area (TPSA) is 136 Å². The first-order valence-corrected chi connectivity index (χ1v) is 6.02. The molecule has 0 saturated carbocycles. The third-order valence-electron chi connectivity index (χ3n) is 0.200. The molecule has 11 heteroatoms. The van der Waals surface area contributed by atoms with Crippen molar-refractivity contribution in [2.24, 2.45) is 0 Å². The van der Waals surface area contributed by atoms with Crippen LogP contribution in [0.3, 0.4) is 0 Å². The molecular formula is Ca2O7V2. The van der Waals surface area contributed by atoms with Gasteiger partial charge in [0.15, 0.2) is 0 Å². The van der Waals surface area contributed by atoms with Gasteiger partial charge in [0.25, 0.3) is 0 Å². The summed E-state index contributed by atoms with van der Waals surface area (Å²) < 4.78 is 59.0. The van der Waals surface area contributed by atoms with Gasteiger partial charge in [-0.3, -0.25) is 0 Å². The molecular weight excluding hydrogens is 294 g/mol. The van der Waals surface area contributed by atoms with Crippen LogP contribution >= 0.6 is 0 Å². The molecule has 0 bridgehead atoms. The Morgan fingerprint density at radius 2 is 1.00 bits per heavy atom. The molecule has 0 fully saturated rings. The zero-order valence-electron chi connectivity index (χ0n) is 5.17. The van der Waals surface area contributed by atoms with Crippen LogP contribution in [0.1, 0.15) is 0 Å². The van der Waals surface area contributed by atoms with E-state index in [1.54, 1.807) is 0 Å². The average molecular weight is 294 g/mol. The standard InChI is InChI=1S/2Ca.7O.2V/q2*+2;;;;4*-1;;. The van der Waals surface area contributed by atoms with Gasteiger partial charge in [-0.1, -0.05) is 0 Å². The van der Waals surface area contributed by atoms with Crippen LogP contribution in [0.2, 0.25) is 0 Å². The fourth-order valence-electron chi connectivity index (χ4n) is 0.122. The van der Waals surface area contributed by atoms with Gasteiger partial charge in [0, 0.05) is 0 Å². The monoisotopic (exact) mass is 294 g/mol. The first-order valence-electron chi connectivity index (χ1n) is 1.46. The summed E-state index contributed by atoms with van der Waals surface area (Å²) in [5.74, 6) is 0. The molecule has 0 aromatic carbocycles. The van der Waals surface area contributed by atoms with Crippen molar-refractivity contribution in [1.82, 2.24) is 0 Å². The molecule has 0 rings (SSSR count). The maximum atomic E-state index is 9.40. The molecule has 0 aromatic rings.